The van der Waals surface area contributed by atoms with Gasteiger partial charge in [-0.2, -0.15) is 4.31 Å². The molecule has 0 spiro atoms. The lowest BCUT2D eigenvalue weighted by atomic mass is 9.97. The Morgan fingerprint density at radius 3 is 2.41 bits per heavy atom. The van der Waals surface area contributed by atoms with Crippen LogP contribution in [0.3, 0.4) is 0 Å². The van der Waals surface area contributed by atoms with E-state index in [1.807, 2.05) is 18.2 Å². The van der Waals surface area contributed by atoms with Crippen molar-refractivity contribution in [1.82, 2.24) is 4.31 Å². The largest absolute Gasteiger partial charge is 0.497 e. The Hall–Kier alpha value is -2.91. The summed E-state index contributed by atoms with van der Waals surface area (Å²) in [6.07, 6.45) is 2.29. The fourth-order valence-corrected chi connectivity index (χ4v) is 5.64. The number of nitrogens with one attached hydrogen (secondary N) is 1. The van der Waals surface area contributed by atoms with Crippen molar-refractivity contribution < 1.29 is 22.7 Å². The molecule has 2 fully saturated rings. The molecule has 2 saturated heterocycles. The molecule has 0 aliphatic carbocycles. The second-order valence-electron chi connectivity index (χ2n) is 8.04. The molecule has 0 aromatic heterocycles. The van der Waals surface area contributed by atoms with Crippen molar-refractivity contribution in [2.45, 2.75) is 30.6 Å². The molecule has 8 nitrogen and oxygen atoms in total. The molecule has 2 heterocycles. The van der Waals surface area contributed by atoms with Crippen molar-refractivity contribution in [1.29, 1.82) is 0 Å². The summed E-state index contributed by atoms with van der Waals surface area (Å²) >= 11 is 0. The van der Waals surface area contributed by atoms with Crippen LogP contribution in [0.4, 0.5) is 11.4 Å². The summed E-state index contributed by atoms with van der Waals surface area (Å²) in [6, 6.07) is 13.6. The minimum atomic E-state index is -3.61. The van der Waals surface area contributed by atoms with Gasteiger partial charge in [-0.15, -0.1) is 0 Å². The number of amides is 2. The van der Waals surface area contributed by atoms with Crippen LogP contribution in [-0.4, -0.2) is 51.3 Å². The first-order chi connectivity index (χ1) is 15.4. The topological polar surface area (TPSA) is 96.0 Å². The van der Waals surface area contributed by atoms with E-state index in [0.717, 1.165) is 12.1 Å². The summed E-state index contributed by atoms with van der Waals surface area (Å²) in [7, 11) is -2.08. The van der Waals surface area contributed by atoms with Crippen molar-refractivity contribution in [2.75, 3.05) is 37.0 Å². The van der Waals surface area contributed by atoms with Crippen LogP contribution in [0.25, 0.3) is 0 Å². The number of rotatable bonds is 6. The van der Waals surface area contributed by atoms with Crippen LogP contribution in [0.1, 0.15) is 25.7 Å². The van der Waals surface area contributed by atoms with Gasteiger partial charge in [0.05, 0.1) is 12.0 Å². The Bertz CT molecular complexity index is 1090. The number of carbonyl (C=O) groups is 2. The maximum Gasteiger partial charge on any atom is 0.243 e. The molecule has 2 aromatic carbocycles. The van der Waals surface area contributed by atoms with E-state index in [2.05, 4.69) is 5.32 Å². The van der Waals surface area contributed by atoms with E-state index in [1.54, 1.807) is 23.1 Å². The Balaban J connectivity index is 1.36. The standard InChI is InChI=1S/C23H27N3O5S/c1-31-20-7-9-21(10-8-20)32(29,30)25-14-11-17(12-15-25)23(28)24-18-4-2-5-19(16-18)26-13-3-6-22(26)27/h2,4-5,7-10,16-17H,3,6,11-15H2,1H3,(H,24,28). The number of benzene rings is 2. The average molecular weight is 458 g/mol. The van der Waals surface area contributed by atoms with Gasteiger partial charge in [0.2, 0.25) is 21.8 Å². The van der Waals surface area contributed by atoms with E-state index in [4.69, 9.17) is 4.74 Å². The lowest BCUT2D eigenvalue weighted by molar-refractivity contribution is -0.121. The smallest absolute Gasteiger partial charge is 0.243 e. The molecule has 9 heteroatoms. The van der Waals surface area contributed by atoms with E-state index in [-0.39, 0.29) is 35.7 Å². The minimum absolute atomic E-state index is 0.0962. The molecule has 0 bridgehead atoms. The van der Waals surface area contributed by atoms with Gasteiger partial charge in [0.1, 0.15) is 5.75 Å². The van der Waals surface area contributed by atoms with Gasteiger partial charge in [0.15, 0.2) is 0 Å². The van der Waals surface area contributed by atoms with E-state index < -0.39 is 10.0 Å². The molecule has 0 saturated carbocycles. The van der Waals surface area contributed by atoms with Gasteiger partial charge >= 0.3 is 0 Å². The zero-order valence-corrected chi connectivity index (χ0v) is 18.8. The third-order valence-corrected chi connectivity index (χ3v) is 7.93. The maximum absolute atomic E-state index is 12.9. The third kappa shape index (κ3) is 4.63. The highest BCUT2D eigenvalue weighted by Crippen LogP contribution is 2.28. The first-order valence-corrected chi connectivity index (χ1v) is 12.2. The van der Waals surface area contributed by atoms with E-state index in [1.165, 1.54) is 23.5 Å². The van der Waals surface area contributed by atoms with Crippen LogP contribution in [0, 0.1) is 5.92 Å². The zero-order chi connectivity index (χ0) is 22.7. The molecule has 1 N–H and O–H groups in total. The van der Waals surface area contributed by atoms with Crippen molar-refractivity contribution in [3.8, 4) is 5.75 Å². The van der Waals surface area contributed by atoms with Crippen LogP contribution in [0.5, 0.6) is 5.75 Å². The molecular weight excluding hydrogens is 430 g/mol. The highest BCUT2D eigenvalue weighted by molar-refractivity contribution is 7.89. The van der Waals surface area contributed by atoms with Gasteiger partial charge in [-0.3, -0.25) is 9.59 Å². The second-order valence-corrected chi connectivity index (χ2v) is 9.98. The number of piperidine rings is 1. The van der Waals surface area contributed by atoms with Crippen LogP contribution in [0.15, 0.2) is 53.4 Å². The summed E-state index contributed by atoms with van der Waals surface area (Å²) in [5, 5.41) is 2.93. The molecular formula is C23H27N3O5S. The molecule has 170 valence electrons. The lowest BCUT2D eigenvalue weighted by Crippen LogP contribution is -2.41. The maximum atomic E-state index is 12.9. The predicted molar refractivity (Wildman–Crippen MR) is 121 cm³/mol. The van der Waals surface area contributed by atoms with Crippen molar-refractivity contribution in [3.05, 3.63) is 48.5 Å². The number of methoxy groups -OCH3 is 1. The van der Waals surface area contributed by atoms with E-state index >= 15 is 0 Å². The second kappa shape index (κ2) is 9.30. The summed E-state index contributed by atoms with van der Waals surface area (Å²) in [4.78, 5) is 26.7. The highest BCUT2D eigenvalue weighted by Gasteiger charge is 2.32. The molecule has 2 aliphatic heterocycles. The van der Waals surface area contributed by atoms with Crippen LogP contribution >= 0.6 is 0 Å². The number of carbonyl (C=O) groups excluding carboxylic acids is 2. The van der Waals surface area contributed by atoms with Crippen LogP contribution in [-0.2, 0) is 19.6 Å². The first-order valence-electron chi connectivity index (χ1n) is 10.7. The van der Waals surface area contributed by atoms with Crippen molar-refractivity contribution in [3.63, 3.8) is 0 Å². The molecule has 0 radical (unpaired) electrons. The van der Waals surface area contributed by atoms with Crippen molar-refractivity contribution in [2.24, 2.45) is 5.92 Å². The van der Waals surface area contributed by atoms with Gasteiger partial charge in [-0.05, 0) is 61.7 Å². The number of ether oxygens (including phenoxy) is 1. The zero-order valence-electron chi connectivity index (χ0n) is 18.0. The number of nitrogens with zero attached hydrogens (tertiary/aromatic N) is 2. The number of anilines is 2. The fraction of sp³-hybridized carbons (Fsp3) is 0.391. The Morgan fingerprint density at radius 1 is 1.06 bits per heavy atom. The number of sulfonamides is 1. The number of hydrogen-bond acceptors (Lipinski definition) is 5. The Labute approximate surface area is 188 Å². The molecule has 0 atom stereocenters. The quantitative estimate of drug-likeness (QED) is 0.720. The molecule has 32 heavy (non-hydrogen) atoms. The minimum Gasteiger partial charge on any atom is -0.497 e. The van der Waals surface area contributed by atoms with Crippen molar-refractivity contribution >= 4 is 33.2 Å². The predicted octanol–water partition coefficient (Wildman–Crippen LogP) is 2.86. The molecule has 2 aliphatic rings. The Morgan fingerprint density at radius 2 is 1.78 bits per heavy atom. The SMILES string of the molecule is COc1ccc(S(=O)(=O)N2CCC(C(=O)Nc3cccc(N4CCCC4=O)c3)CC2)cc1. The number of hydrogen-bond donors (Lipinski definition) is 1. The average Bonchev–Trinajstić information content (AvgIpc) is 3.25. The van der Waals surface area contributed by atoms with Crippen LogP contribution < -0.4 is 15.0 Å². The van der Waals surface area contributed by atoms with E-state index in [9.17, 15) is 18.0 Å². The van der Waals surface area contributed by atoms with Gasteiger partial charge in [0, 0.05) is 43.3 Å². The summed E-state index contributed by atoms with van der Waals surface area (Å²) in [5.41, 5.74) is 1.42. The fourth-order valence-electron chi connectivity index (χ4n) is 4.17. The van der Waals surface area contributed by atoms with Gasteiger partial charge in [0.25, 0.3) is 0 Å². The molecule has 2 amide bonds. The Kier molecular flexibility index (Phi) is 6.48. The van der Waals surface area contributed by atoms with E-state index in [0.29, 0.717) is 37.2 Å². The summed E-state index contributed by atoms with van der Waals surface area (Å²) < 4.78 is 32.3. The summed E-state index contributed by atoms with van der Waals surface area (Å²) in [6.45, 7) is 1.26. The van der Waals surface area contributed by atoms with Crippen LogP contribution in [0.2, 0.25) is 0 Å². The van der Waals surface area contributed by atoms with Gasteiger partial charge in [-0.1, -0.05) is 6.07 Å². The normalized spacial score (nSPS) is 18.0. The molecule has 2 aromatic rings. The highest BCUT2D eigenvalue weighted by atomic mass is 32.2. The van der Waals surface area contributed by atoms with Gasteiger partial charge in [-0.25, -0.2) is 8.42 Å². The summed E-state index contributed by atoms with van der Waals surface area (Å²) in [5.74, 6) is 0.294. The third-order valence-electron chi connectivity index (χ3n) is 6.02. The monoisotopic (exact) mass is 457 g/mol. The molecule has 0 unspecified atom stereocenters. The first kappa shape index (κ1) is 22.3. The lowest BCUT2D eigenvalue weighted by Gasteiger charge is -2.30. The van der Waals surface area contributed by atoms with Gasteiger partial charge < -0.3 is 15.0 Å². The molecule has 4 rings (SSSR count).